The number of unbranched alkanes of at least 4 members (excludes halogenated alkanes) is 15. The van der Waals surface area contributed by atoms with E-state index in [1.54, 1.807) is 0 Å². The largest absolute Gasteiger partial charge is 0.457 e. The molecule has 0 aromatic heterocycles. The Balaban J connectivity index is 2.29. The van der Waals surface area contributed by atoms with E-state index in [2.05, 4.69) is 74.6 Å². The van der Waals surface area contributed by atoms with E-state index < -0.39 is 43.4 Å². The molecule has 0 aromatic carbocycles. The summed E-state index contributed by atoms with van der Waals surface area (Å²) in [6.07, 6.45) is 39.6. The minimum absolute atomic E-state index is 0.125. The molecular weight excluding hydrogens is 696 g/mol. The average molecular weight is 777 g/mol. The highest BCUT2D eigenvalue weighted by Crippen LogP contribution is 2.22. The second kappa shape index (κ2) is 37.5. The van der Waals surface area contributed by atoms with E-state index in [-0.39, 0.29) is 19.2 Å². The lowest BCUT2D eigenvalue weighted by molar-refractivity contribution is -0.305. The summed E-state index contributed by atoms with van der Waals surface area (Å²) in [4.78, 5) is 12.7. The van der Waals surface area contributed by atoms with Gasteiger partial charge in [0.05, 0.1) is 19.8 Å². The highest BCUT2D eigenvalue weighted by atomic mass is 16.7. The van der Waals surface area contributed by atoms with Crippen LogP contribution < -0.4 is 0 Å². The lowest BCUT2D eigenvalue weighted by Crippen LogP contribution is -2.59. The number of hydrogen-bond acceptors (Lipinski definition) is 9. The van der Waals surface area contributed by atoms with Gasteiger partial charge in [0.2, 0.25) is 0 Å². The number of carbonyl (C=O) groups is 1. The Bertz CT molecular complexity index is 1020. The summed E-state index contributed by atoms with van der Waals surface area (Å²) in [5.41, 5.74) is 0. The van der Waals surface area contributed by atoms with E-state index >= 15 is 0 Å². The Hall–Kier alpha value is -2.11. The molecule has 1 heterocycles. The Morgan fingerprint density at radius 2 is 1.11 bits per heavy atom. The number of rotatable bonds is 36. The van der Waals surface area contributed by atoms with Gasteiger partial charge in [0.1, 0.15) is 30.5 Å². The molecule has 1 fully saturated rings. The third-order valence-electron chi connectivity index (χ3n) is 9.70. The van der Waals surface area contributed by atoms with Gasteiger partial charge < -0.3 is 39.4 Å². The van der Waals surface area contributed by atoms with Crippen molar-refractivity contribution in [2.75, 3.05) is 26.4 Å². The van der Waals surface area contributed by atoms with Crippen LogP contribution in [0.15, 0.2) is 60.8 Å². The van der Waals surface area contributed by atoms with Crippen LogP contribution in [0, 0.1) is 0 Å². The Morgan fingerprint density at radius 3 is 1.67 bits per heavy atom. The molecule has 6 unspecified atom stereocenters. The summed E-state index contributed by atoms with van der Waals surface area (Å²) < 4.78 is 22.8. The van der Waals surface area contributed by atoms with Crippen LogP contribution >= 0.6 is 0 Å². The molecule has 318 valence electrons. The summed E-state index contributed by atoms with van der Waals surface area (Å²) in [6, 6.07) is 0. The minimum Gasteiger partial charge on any atom is -0.457 e. The van der Waals surface area contributed by atoms with Crippen molar-refractivity contribution in [1.82, 2.24) is 0 Å². The third-order valence-corrected chi connectivity index (χ3v) is 9.70. The molecule has 9 heteroatoms. The number of ether oxygens (including phenoxy) is 4. The van der Waals surface area contributed by atoms with E-state index in [0.29, 0.717) is 13.0 Å². The molecule has 1 aliphatic rings. The molecular formula is C46H80O9. The van der Waals surface area contributed by atoms with E-state index in [4.69, 9.17) is 18.9 Å². The number of aliphatic hydroxyl groups excluding tert-OH is 4. The van der Waals surface area contributed by atoms with E-state index in [9.17, 15) is 25.2 Å². The summed E-state index contributed by atoms with van der Waals surface area (Å²) >= 11 is 0. The first-order valence-electron chi connectivity index (χ1n) is 21.9. The molecule has 0 bridgehead atoms. The zero-order valence-electron chi connectivity index (χ0n) is 34.7. The second-order valence-electron chi connectivity index (χ2n) is 14.8. The van der Waals surface area contributed by atoms with Crippen LogP contribution in [0.2, 0.25) is 0 Å². The molecule has 1 aliphatic heterocycles. The first kappa shape index (κ1) is 50.9. The fourth-order valence-electron chi connectivity index (χ4n) is 6.28. The maximum absolute atomic E-state index is 12.7. The standard InChI is InChI=1S/C46H80O9/c1-3-5-7-9-11-13-15-17-18-19-20-21-22-23-24-26-28-30-32-34-36-52-38-40(39-53-46-45(51)44(50)43(49)41(37-47)55-46)54-42(48)35-33-31-29-27-25-16-14-12-10-8-6-4-2/h5,7,11,13,17-18,20-21,23-24,40-41,43-47,49-51H,3-4,6,8-10,12,14-16,19,22,25-39H2,1-2H3/b7-5-,13-11-,18-17-,21-20-,24-23-. The van der Waals surface area contributed by atoms with Crippen molar-refractivity contribution in [3.8, 4) is 0 Å². The number of aliphatic hydroxyl groups is 4. The van der Waals surface area contributed by atoms with Crippen molar-refractivity contribution in [2.45, 2.75) is 198 Å². The predicted octanol–water partition coefficient (Wildman–Crippen LogP) is 9.52. The minimum atomic E-state index is -1.54. The smallest absolute Gasteiger partial charge is 0.306 e. The Labute approximate surface area is 335 Å². The normalized spacial score (nSPS) is 21.3. The van der Waals surface area contributed by atoms with Gasteiger partial charge in [-0.1, -0.05) is 158 Å². The van der Waals surface area contributed by atoms with Crippen molar-refractivity contribution >= 4 is 5.97 Å². The zero-order chi connectivity index (χ0) is 40.0. The molecule has 0 saturated carbocycles. The maximum Gasteiger partial charge on any atom is 0.306 e. The van der Waals surface area contributed by atoms with Crippen LogP contribution in [-0.2, 0) is 23.7 Å². The van der Waals surface area contributed by atoms with Crippen LogP contribution in [0.25, 0.3) is 0 Å². The van der Waals surface area contributed by atoms with Gasteiger partial charge in [0.15, 0.2) is 6.29 Å². The Kier molecular flexibility index (Phi) is 34.7. The first-order valence-corrected chi connectivity index (χ1v) is 21.9. The summed E-state index contributed by atoms with van der Waals surface area (Å²) in [5, 5.41) is 40.1. The van der Waals surface area contributed by atoms with Crippen LogP contribution in [-0.4, -0.2) is 89.6 Å². The van der Waals surface area contributed by atoms with Gasteiger partial charge >= 0.3 is 5.97 Å². The van der Waals surface area contributed by atoms with Crippen LogP contribution in [0.4, 0.5) is 0 Å². The average Bonchev–Trinajstić information content (AvgIpc) is 3.18. The van der Waals surface area contributed by atoms with Gasteiger partial charge in [0, 0.05) is 13.0 Å². The van der Waals surface area contributed by atoms with Crippen molar-refractivity contribution in [3.63, 3.8) is 0 Å². The summed E-state index contributed by atoms with van der Waals surface area (Å²) in [6.45, 7) is 4.37. The second-order valence-corrected chi connectivity index (χ2v) is 14.8. The van der Waals surface area contributed by atoms with Crippen LogP contribution in [0.3, 0.4) is 0 Å². The highest BCUT2D eigenvalue weighted by molar-refractivity contribution is 5.69. The quantitative estimate of drug-likeness (QED) is 0.0279. The van der Waals surface area contributed by atoms with Gasteiger partial charge in [-0.25, -0.2) is 0 Å². The number of esters is 1. The lowest BCUT2D eigenvalue weighted by atomic mass is 9.99. The molecule has 0 amide bonds. The summed E-state index contributed by atoms with van der Waals surface area (Å²) in [7, 11) is 0. The van der Waals surface area contributed by atoms with Gasteiger partial charge in [-0.05, 0) is 57.8 Å². The molecule has 6 atom stereocenters. The lowest BCUT2D eigenvalue weighted by Gasteiger charge is -2.39. The SMILES string of the molecule is CC/C=C\C/C=C\C/C=C\C/C=C\C/C=C\CCCCCCOCC(COC1OC(CO)C(O)C(O)C1O)OC(=O)CCCCCCCCCCCCCC. The third kappa shape index (κ3) is 28.9. The molecule has 0 radical (unpaired) electrons. The van der Waals surface area contributed by atoms with Crippen molar-refractivity contribution in [3.05, 3.63) is 60.8 Å². The van der Waals surface area contributed by atoms with Crippen molar-refractivity contribution in [2.24, 2.45) is 0 Å². The van der Waals surface area contributed by atoms with Crippen molar-refractivity contribution in [1.29, 1.82) is 0 Å². The number of carbonyl (C=O) groups excluding carboxylic acids is 1. The topological polar surface area (TPSA) is 135 Å². The molecule has 1 saturated heterocycles. The highest BCUT2D eigenvalue weighted by Gasteiger charge is 2.44. The number of allylic oxidation sites excluding steroid dienone is 10. The van der Waals surface area contributed by atoms with Gasteiger partial charge in [0.25, 0.3) is 0 Å². The first-order chi connectivity index (χ1) is 26.9. The molecule has 0 aromatic rings. The summed E-state index contributed by atoms with van der Waals surface area (Å²) in [5.74, 6) is -0.326. The molecule has 55 heavy (non-hydrogen) atoms. The van der Waals surface area contributed by atoms with Gasteiger partial charge in [-0.15, -0.1) is 0 Å². The van der Waals surface area contributed by atoms with E-state index in [1.807, 2.05) is 0 Å². The molecule has 1 rings (SSSR count). The predicted molar refractivity (Wildman–Crippen MR) is 224 cm³/mol. The van der Waals surface area contributed by atoms with Crippen molar-refractivity contribution < 1.29 is 44.2 Å². The Morgan fingerprint density at radius 1 is 0.600 bits per heavy atom. The maximum atomic E-state index is 12.7. The molecule has 9 nitrogen and oxygen atoms in total. The van der Waals surface area contributed by atoms with Gasteiger partial charge in [-0.3, -0.25) is 4.79 Å². The van der Waals surface area contributed by atoms with E-state index in [0.717, 1.165) is 83.5 Å². The molecule has 0 aliphatic carbocycles. The van der Waals surface area contributed by atoms with E-state index in [1.165, 1.54) is 57.8 Å². The molecule has 4 N–H and O–H groups in total. The van der Waals surface area contributed by atoms with Crippen LogP contribution in [0.1, 0.15) is 162 Å². The fraction of sp³-hybridized carbons (Fsp3) is 0.761. The van der Waals surface area contributed by atoms with Crippen LogP contribution in [0.5, 0.6) is 0 Å². The monoisotopic (exact) mass is 777 g/mol. The number of hydrogen-bond donors (Lipinski definition) is 4. The van der Waals surface area contributed by atoms with Gasteiger partial charge in [-0.2, -0.15) is 0 Å². The zero-order valence-corrected chi connectivity index (χ0v) is 34.7. The fourth-order valence-corrected chi connectivity index (χ4v) is 6.28. The molecule has 0 spiro atoms.